The predicted molar refractivity (Wildman–Crippen MR) is 71.3 cm³/mol. The van der Waals surface area contributed by atoms with Gasteiger partial charge in [-0.25, -0.2) is 0 Å². The van der Waals surface area contributed by atoms with Crippen LogP contribution in [0.5, 0.6) is 0 Å². The molecule has 0 fully saturated rings. The molecule has 2 nitrogen and oxygen atoms in total. The molecule has 2 heteroatoms. The second-order valence-corrected chi connectivity index (χ2v) is 5.83. The minimum Gasteiger partial charge on any atom is -0.350 e. The second-order valence-electron chi connectivity index (χ2n) is 5.83. The van der Waals surface area contributed by atoms with Crippen molar-refractivity contribution in [3.8, 4) is 0 Å². The van der Waals surface area contributed by atoms with E-state index in [1.165, 1.54) is 0 Å². The summed E-state index contributed by atoms with van der Waals surface area (Å²) in [5.74, 6) is 0.231. The summed E-state index contributed by atoms with van der Waals surface area (Å²) in [5, 5.41) is 1.06. The zero-order valence-corrected chi connectivity index (χ0v) is 10.9. The van der Waals surface area contributed by atoms with E-state index in [1.54, 1.807) is 0 Å². The third-order valence-electron chi connectivity index (χ3n) is 2.89. The van der Waals surface area contributed by atoms with Crippen LogP contribution < -0.4 is 0 Å². The minimum atomic E-state index is 0.0357. The number of ketones is 1. The van der Waals surface area contributed by atoms with Gasteiger partial charge in [0.15, 0.2) is 5.78 Å². The van der Waals surface area contributed by atoms with E-state index in [1.807, 2.05) is 42.1 Å². The van der Waals surface area contributed by atoms with E-state index < -0.39 is 0 Å². The Kier molecular flexibility index (Phi) is 2.82. The number of hydrogen-bond donors (Lipinski definition) is 0. The van der Waals surface area contributed by atoms with Crippen molar-refractivity contribution in [2.75, 3.05) is 0 Å². The highest BCUT2D eigenvalue weighted by molar-refractivity contribution is 6.08. The zero-order valence-electron chi connectivity index (χ0n) is 10.9. The van der Waals surface area contributed by atoms with E-state index in [0.29, 0.717) is 6.42 Å². The molecule has 0 N–H and O–H groups in total. The van der Waals surface area contributed by atoms with Gasteiger partial charge in [-0.15, -0.1) is 0 Å². The molecule has 0 spiro atoms. The van der Waals surface area contributed by atoms with Crippen LogP contribution in [0.1, 0.15) is 37.6 Å². The third kappa shape index (κ3) is 2.41. The Hall–Kier alpha value is -1.57. The molecule has 0 aliphatic rings. The number of benzene rings is 1. The second kappa shape index (κ2) is 4.02. The number of nitrogens with zero attached hydrogens (tertiary/aromatic N) is 1. The summed E-state index contributed by atoms with van der Waals surface area (Å²) in [7, 11) is 1.98. The Morgan fingerprint density at radius 3 is 2.53 bits per heavy atom. The minimum absolute atomic E-state index is 0.0357. The van der Waals surface area contributed by atoms with E-state index in [4.69, 9.17) is 0 Å². The molecular weight excluding hydrogens is 210 g/mol. The number of rotatable bonds is 2. The van der Waals surface area contributed by atoms with Crippen LogP contribution in [0.4, 0.5) is 0 Å². The van der Waals surface area contributed by atoms with Crippen LogP contribution in [0, 0.1) is 5.41 Å². The average Bonchev–Trinajstić information content (AvgIpc) is 2.55. The van der Waals surface area contributed by atoms with E-state index in [9.17, 15) is 4.79 Å². The molecular formula is C15H19NO. The Morgan fingerprint density at radius 2 is 1.88 bits per heavy atom. The first kappa shape index (κ1) is 11.9. The summed E-state index contributed by atoms with van der Waals surface area (Å²) in [4.78, 5) is 12.3. The lowest BCUT2D eigenvalue weighted by molar-refractivity contribution is 0.0941. The van der Waals surface area contributed by atoms with Crippen molar-refractivity contribution in [1.29, 1.82) is 0 Å². The van der Waals surface area contributed by atoms with Gasteiger partial charge in [-0.2, -0.15) is 0 Å². The van der Waals surface area contributed by atoms with Crippen LogP contribution in [0.15, 0.2) is 30.5 Å². The molecule has 0 unspecified atom stereocenters. The Bertz CT molecular complexity index is 558. The molecule has 90 valence electrons. The highest BCUT2D eigenvalue weighted by Gasteiger charge is 2.20. The molecule has 17 heavy (non-hydrogen) atoms. The molecule has 0 aliphatic carbocycles. The molecule has 1 aromatic heterocycles. The van der Waals surface area contributed by atoms with Crippen molar-refractivity contribution in [3.63, 3.8) is 0 Å². The summed E-state index contributed by atoms with van der Waals surface area (Å²) in [5.41, 5.74) is 2.00. The predicted octanol–water partition coefficient (Wildman–Crippen LogP) is 3.80. The molecule has 1 heterocycles. The number of Topliss-reactive ketones (excluding diaryl/α,β-unsaturated/α-hetero) is 1. The average molecular weight is 229 g/mol. The van der Waals surface area contributed by atoms with Gasteiger partial charge in [0, 0.05) is 36.1 Å². The van der Waals surface area contributed by atoms with E-state index in [2.05, 4.69) is 20.8 Å². The quantitative estimate of drug-likeness (QED) is 0.718. The van der Waals surface area contributed by atoms with Gasteiger partial charge in [-0.1, -0.05) is 39.0 Å². The van der Waals surface area contributed by atoms with Gasteiger partial charge in [0.05, 0.1) is 0 Å². The summed E-state index contributed by atoms with van der Waals surface area (Å²) in [6.07, 6.45) is 2.53. The highest BCUT2D eigenvalue weighted by atomic mass is 16.1. The fraction of sp³-hybridized carbons (Fsp3) is 0.400. The van der Waals surface area contributed by atoms with Gasteiger partial charge in [0.2, 0.25) is 0 Å². The first-order chi connectivity index (χ1) is 7.88. The maximum atomic E-state index is 12.3. The number of fused-ring (bicyclic) bond motifs is 1. The molecule has 0 atom stereocenters. The van der Waals surface area contributed by atoms with Crippen LogP contribution in [0.2, 0.25) is 0 Å². The van der Waals surface area contributed by atoms with Crippen molar-refractivity contribution in [2.45, 2.75) is 27.2 Å². The van der Waals surface area contributed by atoms with Crippen LogP contribution >= 0.6 is 0 Å². The fourth-order valence-electron chi connectivity index (χ4n) is 2.14. The van der Waals surface area contributed by atoms with Crippen molar-refractivity contribution in [2.24, 2.45) is 12.5 Å². The maximum Gasteiger partial charge on any atom is 0.165 e. The lowest BCUT2D eigenvalue weighted by atomic mass is 9.88. The van der Waals surface area contributed by atoms with Crippen molar-refractivity contribution >= 4 is 16.7 Å². The van der Waals surface area contributed by atoms with Crippen LogP contribution in [-0.4, -0.2) is 10.4 Å². The Morgan fingerprint density at radius 1 is 1.24 bits per heavy atom. The van der Waals surface area contributed by atoms with Gasteiger partial charge < -0.3 is 4.57 Å². The molecule has 0 amide bonds. The molecule has 0 radical (unpaired) electrons. The zero-order chi connectivity index (χ0) is 12.6. The van der Waals surface area contributed by atoms with Gasteiger partial charge in [-0.3, -0.25) is 4.79 Å². The summed E-state index contributed by atoms with van der Waals surface area (Å²) < 4.78 is 2.02. The van der Waals surface area contributed by atoms with Crippen LogP contribution in [0.25, 0.3) is 10.9 Å². The SMILES string of the molecule is Cn1cc(C(=O)CC(C)(C)C)c2ccccc21. The number of aromatic nitrogens is 1. The third-order valence-corrected chi connectivity index (χ3v) is 2.89. The number of aryl methyl sites for hydroxylation is 1. The Balaban J connectivity index is 2.46. The van der Waals surface area contributed by atoms with E-state index in [-0.39, 0.29) is 11.2 Å². The van der Waals surface area contributed by atoms with Crippen molar-refractivity contribution in [1.82, 2.24) is 4.57 Å². The van der Waals surface area contributed by atoms with E-state index >= 15 is 0 Å². The number of hydrogen-bond acceptors (Lipinski definition) is 1. The molecule has 0 saturated heterocycles. The lowest BCUT2D eigenvalue weighted by Crippen LogP contribution is -2.12. The summed E-state index contributed by atoms with van der Waals surface area (Å²) >= 11 is 0. The lowest BCUT2D eigenvalue weighted by Gasteiger charge is -2.16. The molecule has 2 aromatic rings. The summed E-state index contributed by atoms with van der Waals surface area (Å²) in [6.45, 7) is 6.28. The topological polar surface area (TPSA) is 22.0 Å². The van der Waals surface area contributed by atoms with Gasteiger partial charge in [0.1, 0.15) is 0 Å². The van der Waals surface area contributed by atoms with Crippen molar-refractivity contribution < 1.29 is 4.79 Å². The number of carbonyl (C=O) groups is 1. The highest BCUT2D eigenvalue weighted by Crippen LogP contribution is 2.26. The Labute approximate surface area is 102 Å². The largest absolute Gasteiger partial charge is 0.350 e. The smallest absolute Gasteiger partial charge is 0.165 e. The number of carbonyl (C=O) groups excluding carboxylic acids is 1. The maximum absolute atomic E-state index is 12.3. The van der Waals surface area contributed by atoms with Gasteiger partial charge in [0.25, 0.3) is 0 Å². The van der Waals surface area contributed by atoms with Gasteiger partial charge >= 0.3 is 0 Å². The molecule has 0 aliphatic heterocycles. The molecule has 1 aromatic carbocycles. The van der Waals surface area contributed by atoms with Crippen molar-refractivity contribution in [3.05, 3.63) is 36.0 Å². The monoisotopic (exact) mass is 229 g/mol. The standard InChI is InChI=1S/C15H19NO/c1-15(2,3)9-14(17)12-10-16(4)13-8-6-5-7-11(12)13/h5-8,10H,9H2,1-4H3. The normalized spacial score (nSPS) is 12.0. The molecule has 0 bridgehead atoms. The number of para-hydroxylation sites is 1. The van der Waals surface area contributed by atoms with Crippen LogP contribution in [0.3, 0.4) is 0 Å². The molecule has 2 rings (SSSR count). The first-order valence-electron chi connectivity index (χ1n) is 5.96. The van der Waals surface area contributed by atoms with Gasteiger partial charge in [-0.05, 0) is 11.5 Å². The first-order valence-corrected chi connectivity index (χ1v) is 5.96. The van der Waals surface area contributed by atoms with E-state index in [0.717, 1.165) is 16.5 Å². The fourth-order valence-corrected chi connectivity index (χ4v) is 2.14. The van der Waals surface area contributed by atoms with Crippen LogP contribution in [-0.2, 0) is 7.05 Å². The molecule has 0 saturated carbocycles. The summed E-state index contributed by atoms with van der Waals surface area (Å²) in [6, 6.07) is 8.05.